The van der Waals surface area contributed by atoms with E-state index in [-0.39, 0.29) is 5.91 Å². The molecule has 0 bridgehead atoms. The molecule has 3 nitrogen and oxygen atoms in total. The number of rotatable bonds is 2. The number of carbonyl (C=O) groups excluding carboxylic acids is 1. The van der Waals surface area contributed by atoms with E-state index in [1.807, 2.05) is 41.3 Å². The maximum atomic E-state index is 12.6. The van der Waals surface area contributed by atoms with E-state index in [0.29, 0.717) is 6.54 Å². The summed E-state index contributed by atoms with van der Waals surface area (Å²) in [6.07, 6.45) is 1.83. The molecule has 1 aliphatic heterocycles. The predicted octanol–water partition coefficient (Wildman–Crippen LogP) is 3.03. The van der Waals surface area contributed by atoms with Crippen LogP contribution in [0, 0.1) is 0 Å². The van der Waals surface area contributed by atoms with Crippen molar-refractivity contribution in [1.82, 2.24) is 4.90 Å². The molecule has 2 aromatic carbocycles. The van der Waals surface area contributed by atoms with Gasteiger partial charge in [0.1, 0.15) is 0 Å². The van der Waals surface area contributed by atoms with Gasteiger partial charge in [-0.2, -0.15) is 0 Å². The fourth-order valence-electron chi connectivity index (χ4n) is 2.88. The van der Waals surface area contributed by atoms with Crippen LogP contribution < -0.4 is 5.73 Å². The van der Waals surface area contributed by atoms with E-state index >= 15 is 0 Å². The summed E-state index contributed by atoms with van der Waals surface area (Å²) in [5.74, 6) is 0.103. The molecule has 21 heavy (non-hydrogen) atoms. The molecule has 0 unspecified atom stereocenters. The molecule has 0 aromatic heterocycles. The van der Waals surface area contributed by atoms with Crippen molar-refractivity contribution in [2.75, 3.05) is 12.3 Å². The normalized spacial score (nSPS) is 13.9. The molecule has 0 saturated carbocycles. The van der Waals surface area contributed by atoms with Crippen molar-refractivity contribution in [2.45, 2.75) is 26.3 Å². The molecule has 0 spiro atoms. The van der Waals surface area contributed by atoms with Crippen LogP contribution >= 0.6 is 0 Å². The molecule has 3 rings (SSSR count). The maximum Gasteiger partial charge on any atom is 0.254 e. The Kier molecular flexibility index (Phi) is 3.65. The van der Waals surface area contributed by atoms with Crippen LogP contribution in [-0.2, 0) is 19.4 Å². The Hall–Kier alpha value is -2.29. The van der Waals surface area contributed by atoms with Crippen molar-refractivity contribution in [2.24, 2.45) is 0 Å². The Morgan fingerprint density at radius 3 is 2.67 bits per heavy atom. The highest BCUT2D eigenvalue weighted by Gasteiger charge is 2.22. The third-order valence-electron chi connectivity index (χ3n) is 4.20. The lowest BCUT2D eigenvalue weighted by molar-refractivity contribution is 0.0735. The van der Waals surface area contributed by atoms with Crippen LogP contribution in [0.3, 0.4) is 0 Å². The first kappa shape index (κ1) is 13.7. The number of hydrogen-bond donors (Lipinski definition) is 1. The summed E-state index contributed by atoms with van der Waals surface area (Å²) in [5.41, 5.74) is 11.2. The molecule has 1 aliphatic rings. The zero-order valence-corrected chi connectivity index (χ0v) is 12.3. The first-order chi connectivity index (χ1) is 10.2. The first-order valence-electron chi connectivity index (χ1n) is 7.43. The smallest absolute Gasteiger partial charge is 0.254 e. The molecule has 3 heteroatoms. The molecule has 0 radical (unpaired) electrons. The minimum absolute atomic E-state index is 0.103. The number of nitrogens with two attached hydrogens (primary N) is 1. The third kappa shape index (κ3) is 2.64. The van der Waals surface area contributed by atoms with Crippen molar-refractivity contribution >= 4 is 11.6 Å². The van der Waals surface area contributed by atoms with Gasteiger partial charge < -0.3 is 10.6 Å². The van der Waals surface area contributed by atoms with E-state index in [2.05, 4.69) is 13.0 Å². The average molecular weight is 280 g/mol. The van der Waals surface area contributed by atoms with Crippen LogP contribution in [0.2, 0.25) is 0 Å². The van der Waals surface area contributed by atoms with Gasteiger partial charge in [0.05, 0.1) is 0 Å². The van der Waals surface area contributed by atoms with E-state index in [0.717, 1.165) is 30.6 Å². The SMILES string of the molecule is CCc1ccc(C(=O)N2CCc3c(N)cccc3C2)cc1. The first-order valence-corrected chi connectivity index (χ1v) is 7.43. The van der Waals surface area contributed by atoms with Gasteiger partial charge in [0.2, 0.25) is 0 Å². The maximum absolute atomic E-state index is 12.6. The lowest BCUT2D eigenvalue weighted by Crippen LogP contribution is -2.36. The zero-order valence-electron chi connectivity index (χ0n) is 12.3. The summed E-state index contributed by atoms with van der Waals surface area (Å²) in [6.45, 7) is 3.49. The van der Waals surface area contributed by atoms with Crippen molar-refractivity contribution in [1.29, 1.82) is 0 Å². The van der Waals surface area contributed by atoms with Gasteiger partial charge in [-0.25, -0.2) is 0 Å². The number of hydrogen-bond acceptors (Lipinski definition) is 2. The lowest BCUT2D eigenvalue weighted by atomic mass is 9.97. The predicted molar refractivity (Wildman–Crippen MR) is 85.1 cm³/mol. The summed E-state index contributed by atoms with van der Waals surface area (Å²) in [4.78, 5) is 14.5. The molecular weight excluding hydrogens is 260 g/mol. The number of benzene rings is 2. The molecule has 0 atom stereocenters. The summed E-state index contributed by atoms with van der Waals surface area (Å²) in [7, 11) is 0. The number of carbonyl (C=O) groups is 1. The topological polar surface area (TPSA) is 46.3 Å². The second-order valence-corrected chi connectivity index (χ2v) is 5.51. The molecule has 1 amide bonds. The Balaban J connectivity index is 1.80. The van der Waals surface area contributed by atoms with Crippen molar-refractivity contribution in [3.8, 4) is 0 Å². The molecule has 2 N–H and O–H groups in total. The highest BCUT2D eigenvalue weighted by molar-refractivity contribution is 5.94. The summed E-state index contributed by atoms with van der Waals surface area (Å²) in [5, 5.41) is 0. The fourth-order valence-corrected chi connectivity index (χ4v) is 2.88. The Labute approximate surface area is 125 Å². The van der Waals surface area contributed by atoms with Gasteiger partial charge in [0.15, 0.2) is 0 Å². The van der Waals surface area contributed by atoms with Gasteiger partial charge in [0, 0.05) is 24.3 Å². The van der Waals surface area contributed by atoms with E-state index < -0.39 is 0 Å². The van der Waals surface area contributed by atoms with E-state index in [1.165, 1.54) is 16.7 Å². The number of anilines is 1. The zero-order chi connectivity index (χ0) is 14.8. The van der Waals surface area contributed by atoms with Gasteiger partial charge in [-0.3, -0.25) is 4.79 Å². The minimum atomic E-state index is 0.103. The Bertz CT molecular complexity index is 661. The van der Waals surface area contributed by atoms with E-state index in [1.54, 1.807) is 0 Å². The quantitative estimate of drug-likeness (QED) is 0.859. The third-order valence-corrected chi connectivity index (χ3v) is 4.20. The van der Waals surface area contributed by atoms with Crippen molar-refractivity contribution in [3.63, 3.8) is 0 Å². The second-order valence-electron chi connectivity index (χ2n) is 5.51. The standard InChI is InChI=1S/C18H20N2O/c1-2-13-6-8-14(9-7-13)18(21)20-11-10-16-15(12-20)4-3-5-17(16)19/h3-9H,2,10-12,19H2,1H3. The van der Waals surface area contributed by atoms with E-state index in [4.69, 9.17) is 5.73 Å². The van der Waals surface area contributed by atoms with Crippen LogP contribution in [0.4, 0.5) is 5.69 Å². The molecule has 2 aromatic rings. The number of fused-ring (bicyclic) bond motifs is 1. The van der Waals surface area contributed by atoms with Gasteiger partial charge >= 0.3 is 0 Å². The number of aryl methyl sites for hydroxylation is 1. The highest BCUT2D eigenvalue weighted by atomic mass is 16.2. The van der Waals surface area contributed by atoms with Crippen LogP contribution in [0.25, 0.3) is 0 Å². The van der Waals surface area contributed by atoms with Gasteiger partial charge in [-0.15, -0.1) is 0 Å². The average Bonchev–Trinajstić information content (AvgIpc) is 2.54. The summed E-state index contributed by atoms with van der Waals surface area (Å²) in [6, 6.07) is 13.9. The second kappa shape index (κ2) is 5.60. The minimum Gasteiger partial charge on any atom is -0.398 e. The molecular formula is C18H20N2O. The Morgan fingerprint density at radius 2 is 1.95 bits per heavy atom. The van der Waals surface area contributed by atoms with E-state index in [9.17, 15) is 4.79 Å². The number of nitrogens with zero attached hydrogens (tertiary/aromatic N) is 1. The molecule has 1 heterocycles. The molecule has 0 fully saturated rings. The van der Waals surface area contributed by atoms with Gasteiger partial charge in [-0.05, 0) is 47.7 Å². The number of amides is 1. The summed E-state index contributed by atoms with van der Waals surface area (Å²) < 4.78 is 0. The lowest BCUT2D eigenvalue weighted by Gasteiger charge is -2.29. The van der Waals surface area contributed by atoms with Crippen LogP contribution in [-0.4, -0.2) is 17.4 Å². The summed E-state index contributed by atoms with van der Waals surface area (Å²) >= 11 is 0. The van der Waals surface area contributed by atoms with Crippen LogP contribution in [0.5, 0.6) is 0 Å². The van der Waals surface area contributed by atoms with Crippen LogP contribution in [0.1, 0.15) is 34.0 Å². The molecule has 0 aliphatic carbocycles. The van der Waals surface area contributed by atoms with Gasteiger partial charge in [0.25, 0.3) is 5.91 Å². The van der Waals surface area contributed by atoms with Crippen molar-refractivity contribution in [3.05, 3.63) is 64.7 Å². The fraction of sp³-hybridized carbons (Fsp3) is 0.278. The largest absolute Gasteiger partial charge is 0.398 e. The Morgan fingerprint density at radius 1 is 1.19 bits per heavy atom. The molecule has 108 valence electrons. The van der Waals surface area contributed by atoms with Crippen molar-refractivity contribution < 1.29 is 4.79 Å². The van der Waals surface area contributed by atoms with Crippen LogP contribution in [0.15, 0.2) is 42.5 Å². The highest BCUT2D eigenvalue weighted by Crippen LogP contribution is 2.25. The number of nitrogen functional groups attached to an aromatic ring is 1. The monoisotopic (exact) mass is 280 g/mol. The van der Waals surface area contributed by atoms with Gasteiger partial charge in [-0.1, -0.05) is 31.2 Å². The molecule has 0 saturated heterocycles.